The average Bonchev–Trinajstić information content (AvgIpc) is 2.65. The topological polar surface area (TPSA) is 58.6 Å². The lowest BCUT2D eigenvalue weighted by atomic mass is 10.0. The van der Waals surface area contributed by atoms with Crippen LogP contribution in [0.25, 0.3) is 0 Å². The van der Waals surface area contributed by atoms with Crippen molar-refractivity contribution in [2.45, 2.75) is 44.4 Å². The van der Waals surface area contributed by atoms with Gasteiger partial charge in [0.25, 0.3) is 0 Å². The van der Waals surface area contributed by atoms with Gasteiger partial charge in [-0.05, 0) is 19.8 Å². The van der Waals surface area contributed by atoms with Crippen molar-refractivity contribution >= 4 is 11.8 Å². The van der Waals surface area contributed by atoms with Crippen molar-refractivity contribution in [3.05, 3.63) is 0 Å². The molecule has 1 N–H and O–H groups in total. The summed E-state index contributed by atoms with van der Waals surface area (Å²) >= 11 is 0. The fraction of sp³-hybridized carbons (Fsp3) is 0.818. The van der Waals surface area contributed by atoms with E-state index in [-0.39, 0.29) is 30.0 Å². The molecule has 5 nitrogen and oxygen atoms in total. The van der Waals surface area contributed by atoms with Crippen molar-refractivity contribution in [2.75, 3.05) is 13.7 Å². The van der Waals surface area contributed by atoms with Crippen LogP contribution in [-0.2, 0) is 14.3 Å². The second kappa shape index (κ2) is 4.51. The molecule has 90 valence electrons. The molecule has 2 fully saturated rings. The molecule has 2 aliphatic rings. The first-order valence-electron chi connectivity index (χ1n) is 5.77. The SMILES string of the molecule is CC1OCCC1NC1CCC(=O)N(C)C1=O. The molecule has 2 saturated heterocycles. The van der Waals surface area contributed by atoms with Crippen LogP contribution in [0, 0.1) is 0 Å². The molecule has 0 aliphatic carbocycles. The fourth-order valence-corrected chi connectivity index (χ4v) is 2.28. The van der Waals surface area contributed by atoms with Crippen LogP contribution in [0.3, 0.4) is 0 Å². The highest BCUT2D eigenvalue weighted by Crippen LogP contribution is 2.17. The molecule has 2 amide bonds. The fourth-order valence-electron chi connectivity index (χ4n) is 2.28. The third-order valence-electron chi connectivity index (χ3n) is 3.44. The number of ether oxygens (including phenoxy) is 1. The maximum Gasteiger partial charge on any atom is 0.246 e. The Morgan fingerprint density at radius 2 is 2.12 bits per heavy atom. The lowest BCUT2D eigenvalue weighted by molar-refractivity contribution is -0.148. The number of likely N-dealkylation sites (tertiary alicyclic amines) is 1. The molecule has 2 aliphatic heterocycles. The van der Waals surface area contributed by atoms with Gasteiger partial charge in [-0.2, -0.15) is 0 Å². The summed E-state index contributed by atoms with van der Waals surface area (Å²) in [5.74, 6) is -0.200. The van der Waals surface area contributed by atoms with Crippen LogP contribution >= 0.6 is 0 Å². The zero-order valence-electron chi connectivity index (χ0n) is 9.73. The summed E-state index contributed by atoms with van der Waals surface area (Å²) in [7, 11) is 1.55. The third kappa shape index (κ3) is 2.10. The zero-order valence-corrected chi connectivity index (χ0v) is 9.73. The summed E-state index contributed by atoms with van der Waals surface area (Å²) in [4.78, 5) is 24.4. The Balaban J connectivity index is 1.95. The molecule has 0 saturated carbocycles. The summed E-state index contributed by atoms with van der Waals surface area (Å²) in [6.45, 7) is 2.75. The van der Waals surface area contributed by atoms with Crippen molar-refractivity contribution in [1.29, 1.82) is 0 Å². The lowest BCUT2D eigenvalue weighted by Gasteiger charge is -2.31. The van der Waals surface area contributed by atoms with Gasteiger partial charge in [0.1, 0.15) is 0 Å². The van der Waals surface area contributed by atoms with E-state index in [4.69, 9.17) is 4.74 Å². The zero-order chi connectivity index (χ0) is 11.7. The number of nitrogens with zero attached hydrogens (tertiary/aromatic N) is 1. The standard InChI is InChI=1S/C11H18N2O3/c1-7-8(5-6-16-7)12-9-3-4-10(14)13(2)11(9)15/h7-9,12H,3-6H2,1-2H3. The van der Waals surface area contributed by atoms with E-state index in [1.54, 1.807) is 7.05 Å². The Kier molecular flexibility index (Phi) is 3.25. The maximum absolute atomic E-state index is 11.8. The number of hydrogen-bond acceptors (Lipinski definition) is 4. The summed E-state index contributed by atoms with van der Waals surface area (Å²) in [6, 6.07) is 0.00685. The Bertz CT molecular complexity index is 306. The first kappa shape index (κ1) is 11.5. The van der Waals surface area contributed by atoms with Crippen molar-refractivity contribution in [3.8, 4) is 0 Å². The Labute approximate surface area is 95.1 Å². The molecule has 2 heterocycles. The van der Waals surface area contributed by atoms with E-state index in [0.717, 1.165) is 13.0 Å². The van der Waals surface area contributed by atoms with Gasteiger partial charge in [-0.3, -0.25) is 14.5 Å². The smallest absolute Gasteiger partial charge is 0.246 e. The molecular formula is C11H18N2O3. The minimum absolute atomic E-state index is 0.0845. The lowest BCUT2D eigenvalue weighted by Crippen LogP contribution is -2.55. The predicted octanol–water partition coefficient (Wildman–Crippen LogP) is -0.0992. The molecule has 0 aromatic heterocycles. The quantitative estimate of drug-likeness (QED) is 0.668. The highest BCUT2D eigenvalue weighted by molar-refractivity contribution is 6.00. The van der Waals surface area contributed by atoms with E-state index < -0.39 is 0 Å². The van der Waals surface area contributed by atoms with Crippen LogP contribution in [-0.4, -0.2) is 48.6 Å². The van der Waals surface area contributed by atoms with Gasteiger partial charge in [0, 0.05) is 26.1 Å². The molecule has 0 radical (unpaired) electrons. The number of carbonyl (C=O) groups is 2. The van der Waals surface area contributed by atoms with Crippen LogP contribution in [0.5, 0.6) is 0 Å². The third-order valence-corrected chi connectivity index (χ3v) is 3.44. The normalized spacial score (nSPS) is 35.9. The molecule has 0 spiro atoms. The van der Waals surface area contributed by atoms with Crippen LogP contribution in [0.4, 0.5) is 0 Å². The van der Waals surface area contributed by atoms with Gasteiger partial charge in [-0.1, -0.05) is 0 Å². The Hall–Kier alpha value is -0.940. The number of piperidine rings is 1. The first-order chi connectivity index (χ1) is 7.59. The number of hydrogen-bond donors (Lipinski definition) is 1. The van der Waals surface area contributed by atoms with Crippen LogP contribution < -0.4 is 5.32 Å². The molecule has 5 heteroatoms. The van der Waals surface area contributed by atoms with Gasteiger partial charge in [-0.15, -0.1) is 0 Å². The van der Waals surface area contributed by atoms with Gasteiger partial charge in [0.05, 0.1) is 12.1 Å². The molecule has 3 atom stereocenters. The van der Waals surface area contributed by atoms with Gasteiger partial charge >= 0.3 is 0 Å². The van der Waals surface area contributed by atoms with E-state index in [1.807, 2.05) is 6.92 Å². The van der Waals surface area contributed by atoms with E-state index >= 15 is 0 Å². The summed E-state index contributed by atoms with van der Waals surface area (Å²) in [5.41, 5.74) is 0. The van der Waals surface area contributed by atoms with Crippen molar-refractivity contribution in [3.63, 3.8) is 0 Å². The predicted molar refractivity (Wildman–Crippen MR) is 57.8 cm³/mol. The minimum atomic E-state index is -0.225. The van der Waals surface area contributed by atoms with Crippen LogP contribution in [0.15, 0.2) is 0 Å². The Morgan fingerprint density at radius 1 is 1.38 bits per heavy atom. The number of amides is 2. The molecule has 0 aromatic rings. The molecule has 2 rings (SSSR count). The van der Waals surface area contributed by atoms with Crippen LogP contribution in [0.2, 0.25) is 0 Å². The van der Waals surface area contributed by atoms with Gasteiger partial charge in [0.2, 0.25) is 11.8 Å². The number of rotatable bonds is 2. The summed E-state index contributed by atoms with van der Waals surface area (Å²) < 4.78 is 5.44. The van der Waals surface area contributed by atoms with Gasteiger partial charge < -0.3 is 10.1 Å². The van der Waals surface area contributed by atoms with Crippen molar-refractivity contribution in [2.24, 2.45) is 0 Å². The summed E-state index contributed by atoms with van der Waals surface area (Å²) in [5, 5.41) is 3.30. The van der Waals surface area contributed by atoms with E-state index in [2.05, 4.69) is 5.32 Å². The highest BCUT2D eigenvalue weighted by atomic mass is 16.5. The summed E-state index contributed by atoms with van der Waals surface area (Å²) in [6.07, 6.45) is 2.13. The number of nitrogens with one attached hydrogen (secondary N) is 1. The minimum Gasteiger partial charge on any atom is -0.377 e. The number of likely N-dealkylation sites (N-methyl/N-ethyl adjacent to an activating group) is 1. The van der Waals surface area contributed by atoms with E-state index in [0.29, 0.717) is 12.8 Å². The maximum atomic E-state index is 11.8. The first-order valence-corrected chi connectivity index (χ1v) is 5.77. The van der Waals surface area contributed by atoms with Gasteiger partial charge in [0.15, 0.2) is 0 Å². The van der Waals surface area contributed by atoms with Crippen molar-refractivity contribution in [1.82, 2.24) is 10.2 Å². The molecule has 0 aromatic carbocycles. The largest absolute Gasteiger partial charge is 0.377 e. The number of imide groups is 1. The second-order valence-electron chi connectivity index (χ2n) is 4.52. The van der Waals surface area contributed by atoms with Gasteiger partial charge in [-0.25, -0.2) is 0 Å². The van der Waals surface area contributed by atoms with Crippen LogP contribution in [0.1, 0.15) is 26.2 Å². The van der Waals surface area contributed by atoms with E-state index in [1.165, 1.54) is 4.90 Å². The average molecular weight is 226 g/mol. The monoisotopic (exact) mass is 226 g/mol. The molecule has 3 unspecified atom stereocenters. The molecular weight excluding hydrogens is 208 g/mol. The second-order valence-corrected chi connectivity index (χ2v) is 4.52. The molecule has 16 heavy (non-hydrogen) atoms. The number of carbonyl (C=O) groups excluding carboxylic acids is 2. The molecule has 0 bridgehead atoms. The van der Waals surface area contributed by atoms with Crippen molar-refractivity contribution < 1.29 is 14.3 Å². The highest BCUT2D eigenvalue weighted by Gasteiger charge is 2.35. The Morgan fingerprint density at radius 3 is 2.75 bits per heavy atom. The van der Waals surface area contributed by atoms with E-state index in [9.17, 15) is 9.59 Å².